The van der Waals surface area contributed by atoms with E-state index in [4.69, 9.17) is 11.6 Å². The van der Waals surface area contributed by atoms with Crippen LogP contribution in [0.3, 0.4) is 0 Å². The summed E-state index contributed by atoms with van der Waals surface area (Å²) < 4.78 is 29.0. The van der Waals surface area contributed by atoms with Crippen LogP contribution in [0, 0.1) is 13.8 Å². The third-order valence-corrected chi connectivity index (χ3v) is 6.52. The van der Waals surface area contributed by atoms with Crippen molar-refractivity contribution in [3.63, 3.8) is 0 Å². The van der Waals surface area contributed by atoms with Crippen molar-refractivity contribution in [3.05, 3.63) is 46.7 Å². The summed E-state index contributed by atoms with van der Waals surface area (Å²) in [5.74, 6) is -0.0144. The molecule has 0 bridgehead atoms. The second kappa shape index (κ2) is 7.49. The number of benzene rings is 1. The molecular formula is C17H18ClN5O2S2. The van der Waals surface area contributed by atoms with Crippen molar-refractivity contribution in [2.45, 2.75) is 23.8 Å². The Kier molecular flexibility index (Phi) is 5.45. The number of nitrogens with zero attached hydrogens (tertiary/aromatic N) is 4. The van der Waals surface area contributed by atoms with Crippen molar-refractivity contribution in [2.75, 3.05) is 11.0 Å². The summed E-state index contributed by atoms with van der Waals surface area (Å²) in [5.41, 5.74) is 3.70. The Morgan fingerprint density at radius 2 is 1.85 bits per heavy atom. The Labute approximate surface area is 167 Å². The number of halogens is 1. The molecule has 2 aromatic heterocycles. The maximum Gasteiger partial charge on any atom is 0.268 e. The van der Waals surface area contributed by atoms with Gasteiger partial charge in [-0.25, -0.2) is 23.1 Å². The first-order valence-corrected chi connectivity index (χ1v) is 11.0. The third kappa shape index (κ3) is 3.95. The van der Waals surface area contributed by atoms with Crippen LogP contribution in [0.4, 0.5) is 5.95 Å². The third-order valence-electron chi connectivity index (χ3n) is 4.00. The smallest absolute Gasteiger partial charge is 0.256 e. The van der Waals surface area contributed by atoms with E-state index in [9.17, 15) is 8.42 Å². The number of hydrogen-bond acceptors (Lipinski definition) is 6. The molecule has 27 heavy (non-hydrogen) atoms. The first-order valence-electron chi connectivity index (χ1n) is 7.93. The van der Waals surface area contributed by atoms with Gasteiger partial charge in [-0.15, -0.1) is 11.8 Å². The molecule has 0 atom stereocenters. The number of sulfonamides is 1. The number of hydrogen-bond donors (Lipinski definition) is 1. The molecule has 2 heterocycles. The Balaban J connectivity index is 2.08. The minimum absolute atomic E-state index is 0.0125. The van der Waals surface area contributed by atoms with Gasteiger partial charge in [0.05, 0.1) is 11.9 Å². The Bertz CT molecular complexity index is 1090. The minimum Gasteiger partial charge on any atom is -0.256 e. The van der Waals surface area contributed by atoms with Gasteiger partial charge >= 0.3 is 0 Å². The van der Waals surface area contributed by atoms with Gasteiger partial charge < -0.3 is 0 Å². The van der Waals surface area contributed by atoms with E-state index in [-0.39, 0.29) is 16.0 Å². The number of thioether (sulfide) groups is 1. The maximum absolute atomic E-state index is 12.7. The fourth-order valence-corrected chi connectivity index (χ4v) is 4.47. The topological polar surface area (TPSA) is 89.8 Å². The molecule has 0 radical (unpaired) electrons. The van der Waals surface area contributed by atoms with Crippen LogP contribution < -0.4 is 4.72 Å². The van der Waals surface area contributed by atoms with E-state index in [1.54, 1.807) is 7.05 Å². The summed E-state index contributed by atoms with van der Waals surface area (Å²) in [4.78, 5) is 8.58. The highest BCUT2D eigenvalue weighted by Crippen LogP contribution is 2.29. The Morgan fingerprint density at radius 1 is 1.19 bits per heavy atom. The second-order valence-electron chi connectivity index (χ2n) is 5.91. The maximum atomic E-state index is 12.7. The molecule has 10 heteroatoms. The zero-order chi connectivity index (χ0) is 19.8. The second-order valence-corrected chi connectivity index (χ2v) is 8.75. The Hall–Kier alpha value is -2.10. The summed E-state index contributed by atoms with van der Waals surface area (Å²) in [5, 5.41) is 4.53. The molecule has 3 rings (SSSR count). The van der Waals surface area contributed by atoms with E-state index in [0.717, 1.165) is 16.7 Å². The van der Waals surface area contributed by atoms with Crippen LogP contribution in [-0.2, 0) is 17.1 Å². The van der Waals surface area contributed by atoms with Gasteiger partial charge in [0, 0.05) is 12.6 Å². The van der Waals surface area contributed by atoms with Gasteiger partial charge in [-0.05, 0) is 37.3 Å². The lowest BCUT2D eigenvalue weighted by atomic mass is 10.00. The van der Waals surface area contributed by atoms with Crippen LogP contribution in [0.15, 0.2) is 40.4 Å². The van der Waals surface area contributed by atoms with E-state index < -0.39 is 10.0 Å². The van der Waals surface area contributed by atoms with Crippen molar-refractivity contribution < 1.29 is 8.42 Å². The number of rotatable bonds is 5. The van der Waals surface area contributed by atoms with Crippen molar-refractivity contribution in [3.8, 4) is 11.3 Å². The van der Waals surface area contributed by atoms with Gasteiger partial charge in [0.1, 0.15) is 15.1 Å². The van der Waals surface area contributed by atoms with Gasteiger partial charge in [-0.2, -0.15) is 5.10 Å². The fourth-order valence-electron chi connectivity index (χ4n) is 2.68. The molecule has 142 valence electrons. The molecule has 0 spiro atoms. The molecule has 0 aliphatic carbocycles. The lowest BCUT2D eigenvalue weighted by Crippen LogP contribution is -2.15. The number of aryl methyl sites for hydroxylation is 3. The van der Waals surface area contributed by atoms with Crippen LogP contribution in [0.5, 0.6) is 0 Å². The van der Waals surface area contributed by atoms with Crippen molar-refractivity contribution in [2.24, 2.45) is 7.05 Å². The van der Waals surface area contributed by atoms with Crippen LogP contribution in [0.25, 0.3) is 11.3 Å². The number of aromatic nitrogens is 4. The summed E-state index contributed by atoms with van der Waals surface area (Å²) >= 11 is 7.43. The standard InChI is InChI=1S/C17H18ClN5O2S2/c1-10-6-5-7-11(2)15(10)12-8-14(26-4)21-17(20-12)22-27(24,25)13-9-19-23(3)16(13)18/h5-9H,1-4H3,(H,20,21,22). The van der Waals surface area contributed by atoms with E-state index >= 15 is 0 Å². The zero-order valence-corrected chi connectivity index (χ0v) is 17.6. The fraction of sp³-hybridized carbons (Fsp3) is 0.235. The van der Waals surface area contributed by atoms with E-state index in [1.807, 2.05) is 44.4 Å². The molecule has 1 N–H and O–H groups in total. The van der Waals surface area contributed by atoms with Crippen LogP contribution in [-0.4, -0.2) is 34.4 Å². The van der Waals surface area contributed by atoms with E-state index in [0.29, 0.717) is 10.7 Å². The van der Waals surface area contributed by atoms with Crippen LogP contribution in [0.2, 0.25) is 5.15 Å². The van der Waals surface area contributed by atoms with Gasteiger partial charge in [0.15, 0.2) is 0 Å². The first-order chi connectivity index (χ1) is 12.7. The molecule has 7 nitrogen and oxygen atoms in total. The molecule has 0 aliphatic heterocycles. The van der Waals surface area contributed by atoms with E-state index in [2.05, 4.69) is 19.8 Å². The summed E-state index contributed by atoms with van der Waals surface area (Å²) in [6.45, 7) is 3.98. The highest BCUT2D eigenvalue weighted by molar-refractivity contribution is 7.98. The summed E-state index contributed by atoms with van der Waals surface area (Å²) in [6.07, 6.45) is 3.06. The van der Waals surface area contributed by atoms with Crippen molar-refractivity contribution in [1.29, 1.82) is 0 Å². The lowest BCUT2D eigenvalue weighted by molar-refractivity contribution is 0.600. The SMILES string of the molecule is CSc1cc(-c2c(C)cccc2C)nc(NS(=O)(=O)c2cnn(C)c2Cl)n1. The average Bonchev–Trinajstić information content (AvgIpc) is 2.94. The zero-order valence-electron chi connectivity index (χ0n) is 15.2. The highest BCUT2D eigenvalue weighted by Gasteiger charge is 2.23. The van der Waals surface area contributed by atoms with Gasteiger partial charge in [-0.3, -0.25) is 4.68 Å². The largest absolute Gasteiger partial charge is 0.268 e. The molecule has 0 saturated heterocycles. The molecule has 1 aromatic carbocycles. The molecule has 0 saturated carbocycles. The van der Waals surface area contributed by atoms with Crippen LogP contribution in [0.1, 0.15) is 11.1 Å². The normalized spacial score (nSPS) is 11.6. The predicted octanol–water partition coefficient (Wildman–Crippen LogP) is 3.67. The molecule has 0 amide bonds. The summed E-state index contributed by atoms with van der Waals surface area (Å²) in [7, 11) is -2.41. The Morgan fingerprint density at radius 3 is 2.41 bits per heavy atom. The first kappa shape index (κ1) is 19.7. The monoisotopic (exact) mass is 423 g/mol. The average molecular weight is 424 g/mol. The van der Waals surface area contributed by atoms with Gasteiger partial charge in [0.2, 0.25) is 5.95 Å². The number of anilines is 1. The molecule has 0 unspecified atom stereocenters. The predicted molar refractivity (Wildman–Crippen MR) is 108 cm³/mol. The quantitative estimate of drug-likeness (QED) is 0.497. The molecule has 3 aromatic rings. The molecule has 0 fully saturated rings. The van der Waals surface area contributed by atoms with Crippen molar-refractivity contribution >= 4 is 39.3 Å². The number of nitrogens with one attached hydrogen (secondary N) is 1. The summed E-state index contributed by atoms with van der Waals surface area (Å²) in [6, 6.07) is 7.79. The lowest BCUT2D eigenvalue weighted by Gasteiger charge is -2.12. The van der Waals surface area contributed by atoms with Crippen LogP contribution >= 0.6 is 23.4 Å². The van der Waals surface area contributed by atoms with E-state index in [1.165, 1.54) is 22.6 Å². The minimum atomic E-state index is -3.97. The highest BCUT2D eigenvalue weighted by atomic mass is 35.5. The van der Waals surface area contributed by atoms with Gasteiger partial charge in [0.25, 0.3) is 10.0 Å². The molecular weight excluding hydrogens is 406 g/mol. The van der Waals surface area contributed by atoms with Crippen molar-refractivity contribution in [1.82, 2.24) is 19.7 Å². The molecule has 0 aliphatic rings. The van der Waals surface area contributed by atoms with Gasteiger partial charge in [-0.1, -0.05) is 29.8 Å².